The number of nitrogens with zero attached hydrogens (tertiary/aromatic N) is 2. The zero-order valence-electron chi connectivity index (χ0n) is 14.4. The van der Waals surface area contributed by atoms with Crippen LogP contribution in [0.4, 0.5) is 0 Å². The number of aryl methyl sites for hydroxylation is 1. The molecule has 1 heterocycles. The lowest BCUT2D eigenvalue weighted by atomic mass is 10.1. The van der Waals surface area contributed by atoms with E-state index >= 15 is 0 Å². The molecule has 1 fully saturated rings. The van der Waals surface area contributed by atoms with E-state index in [0.29, 0.717) is 45.6 Å². The number of carbonyl (C=O) groups is 2. The lowest BCUT2D eigenvalue weighted by molar-refractivity contribution is -0.133. The maximum Gasteiger partial charge on any atom is 0.223 e. The first-order valence-electron chi connectivity index (χ1n) is 8.52. The minimum absolute atomic E-state index is 0.0880. The van der Waals surface area contributed by atoms with Crippen LogP contribution in [0.15, 0.2) is 24.3 Å². The summed E-state index contributed by atoms with van der Waals surface area (Å²) in [6.45, 7) is 3.01. The molecule has 0 saturated carbocycles. The maximum absolute atomic E-state index is 12.4. The van der Waals surface area contributed by atoms with Gasteiger partial charge in [0.05, 0.1) is 7.11 Å². The lowest BCUT2D eigenvalue weighted by Crippen LogP contribution is -2.37. The number of carbonyl (C=O) groups excluding carboxylic acids is 2. The van der Waals surface area contributed by atoms with Crippen LogP contribution in [0.1, 0.15) is 24.8 Å². The Bertz CT molecular complexity index is 545. The molecular weight excluding hydrogens is 306 g/mol. The van der Waals surface area contributed by atoms with Crippen molar-refractivity contribution in [2.45, 2.75) is 25.7 Å². The molecule has 0 aromatic heterocycles. The summed E-state index contributed by atoms with van der Waals surface area (Å²) < 4.78 is 5.14. The van der Waals surface area contributed by atoms with Crippen molar-refractivity contribution in [2.24, 2.45) is 5.73 Å². The third-order valence-corrected chi connectivity index (χ3v) is 4.35. The molecule has 2 N–H and O–H groups in total. The zero-order chi connectivity index (χ0) is 17.4. The van der Waals surface area contributed by atoms with E-state index in [9.17, 15) is 9.59 Å². The number of nitrogens with two attached hydrogens (primary N) is 1. The predicted molar refractivity (Wildman–Crippen MR) is 92.8 cm³/mol. The largest absolute Gasteiger partial charge is 0.497 e. The highest BCUT2D eigenvalue weighted by atomic mass is 16.5. The molecule has 1 aliphatic heterocycles. The molecule has 6 heteroatoms. The molecular formula is C18H27N3O3. The van der Waals surface area contributed by atoms with Crippen molar-refractivity contribution in [3.05, 3.63) is 29.8 Å². The van der Waals surface area contributed by atoms with E-state index in [0.717, 1.165) is 24.2 Å². The maximum atomic E-state index is 12.4. The highest BCUT2D eigenvalue weighted by molar-refractivity contribution is 5.78. The van der Waals surface area contributed by atoms with Crippen molar-refractivity contribution < 1.29 is 14.3 Å². The van der Waals surface area contributed by atoms with Crippen LogP contribution in [-0.4, -0.2) is 61.4 Å². The molecule has 1 aromatic carbocycles. The van der Waals surface area contributed by atoms with Gasteiger partial charge in [-0.3, -0.25) is 9.59 Å². The van der Waals surface area contributed by atoms with Gasteiger partial charge in [-0.2, -0.15) is 0 Å². The number of hydrogen-bond acceptors (Lipinski definition) is 4. The summed E-state index contributed by atoms with van der Waals surface area (Å²) in [5.41, 5.74) is 6.57. The fraction of sp³-hybridized carbons (Fsp3) is 0.556. The highest BCUT2D eigenvalue weighted by Crippen LogP contribution is 2.14. The summed E-state index contributed by atoms with van der Waals surface area (Å²) in [6, 6.07) is 7.79. The molecule has 0 spiro atoms. The number of benzene rings is 1. The minimum Gasteiger partial charge on any atom is -0.497 e. The monoisotopic (exact) mass is 333 g/mol. The number of methoxy groups -OCH3 is 1. The quantitative estimate of drug-likeness (QED) is 0.844. The van der Waals surface area contributed by atoms with E-state index in [1.807, 2.05) is 34.1 Å². The number of amides is 2. The first-order valence-corrected chi connectivity index (χ1v) is 8.52. The molecule has 1 aliphatic rings. The summed E-state index contributed by atoms with van der Waals surface area (Å²) in [5.74, 6) is 1.06. The van der Waals surface area contributed by atoms with Crippen molar-refractivity contribution in [1.82, 2.24) is 9.80 Å². The van der Waals surface area contributed by atoms with Crippen molar-refractivity contribution in [2.75, 3.05) is 39.8 Å². The molecule has 132 valence electrons. The molecule has 2 rings (SSSR count). The Morgan fingerprint density at radius 2 is 1.58 bits per heavy atom. The summed E-state index contributed by atoms with van der Waals surface area (Å²) in [7, 11) is 1.64. The fourth-order valence-corrected chi connectivity index (χ4v) is 2.90. The number of hydrogen-bond donors (Lipinski definition) is 1. The van der Waals surface area contributed by atoms with Crippen molar-refractivity contribution in [1.29, 1.82) is 0 Å². The van der Waals surface area contributed by atoms with Gasteiger partial charge in [-0.05, 0) is 30.5 Å². The summed E-state index contributed by atoms with van der Waals surface area (Å²) in [5, 5.41) is 0. The van der Waals surface area contributed by atoms with Crippen LogP contribution in [0.5, 0.6) is 5.75 Å². The van der Waals surface area contributed by atoms with Crippen molar-refractivity contribution in [3.63, 3.8) is 0 Å². The van der Waals surface area contributed by atoms with Gasteiger partial charge in [0.2, 0.25) is 11.8 Å². The van der Waals surface area contributed by atoms with Crippen LogP contribution in [-0.2, 0) is 16.0 Å². The Balaban J connectivity index is 1.80. The van der Waals surface area contributed by atoms with Crippen LogP contribution in [0, 0.1) is 0 Å². The van der Waals surface area contributed by atoms with Gasteiger partial charge in [0.25, 0.3) is 0 Å². The molecule has 24 heavy (non-hydrogen) atoms. The van der Waals surface area contributed by atoms with Gasteiger partial charge < -0.3 is 20.3 Å². The van der Waals surface area contributed by atoms with E-state index in [2.05, 4.69) is 0 Å². The molecule has 0 atom stereocenters. The SMILES string of the molecule is COc1ccc(CCC(=O)N2CCCN(C(=O)CCN)CC2)cc1. The van der Waals surface area contributed by atoms with Crippen LogP contribution < -0.4 is 10.5 Å². The van der Waals surface area contributed by atoms with Crippen LogP contribution in [0.25, 0.3) is 0 Å². The van der Waals surface area contributed by atoms with Gasteiger partial charge in [-0.1, -0.05) is 12.1 Å². The van der Waals surface area contributed by atoms with Gasteiger partial charge >= 0.3 is 0 Å². The third kappa shape index (κ3) is 5.23. The lowest BCUT2D eigenvalue weighted by Gasteiger charge is -2.22. The first kappa shape index (κ1) is 18.3. The van der Waals surface area contributed by atoms with E-state index in [-0.39, 0.29) is 11.8 Å². The summed E-state index contributed by atoms with van der Waals surface area (Å²) in [6.07, 6.45) is 2.41. The fourth-order valence-electron chi connectivity index (χ4n) is 2.90. The molecule has 0 unspecified atom stereocenters. The normalized spacial score (nSPS) is 15.1. The average molecular weight is 333 g/mol. The summed E-state index contributed by atoms with van der Waals surface area (Å²) in [4.78, 5) is 28.0. The van der Waals surface area contributed by atoms with Gasteiger partial charge in [0, 0.05) is 45.6 Å². The molecule has 0 radical (unpaired) electrons. The Kier molecular flexibility index (Phi) is 7.06. The average Bonchev–Trinajstić information content (AvgIpc) is 2.86. The highest BCUT2D eigenvalue weighted by Gasteiger charge is 2.21. The van der Waals surface area contributed by atoms with Crippen LogP contribution >= 0.6 is 0 Å². The second-order valence-electron chi connectivity index (χ2n) is 6.00. The zero-order valence-corrected chi connectivity index (χ0v) is 14.4. The van der Waals surface area contributed by atoms with E-state index in [1.54, 1.807) is 7.11 Å². The van der Waals surface area contributed by atoms with Crippen molar-refractivity contribution in [3.8, 4) is 5.75 Å². The van der Waals surface area contributed by atoms with Crippen molar-refractivity contribution >= 4 is 11.8 Å². The van der Waals surface area contributed by atoms with E-state index in [4.69, 9.17) is 10.5 Å². The number of rotatable bonds is 6. The Morgan fingerprint density at radius 3 is 2.12 bits per heavy atom. The minimum atomic E-state index is 0.0880. The van der Waals surface area contributed by atoms with Gasteiger partial charge in [0.1, 0.15) is 5.75 Å². The molecule has 0 bridgehead atoms. The predicted octanol–water partition coefficient (Wildman–Crippen LogP) is 1.04. The topological polar surface area (TPSA) is 75.9 Å². The molecule has 0 aliphatic carbocycles. The Morgan fingerprint density at radius 1 is 1.00 bits per heavy atom. The molecule has 6 nitrogen and oxygen atoms in total. The summed E-state index contributed by atoms with van der Waals surface area (Å²) >= 11 is 0. The van der Waals surface area contributed by atoms with Gasteiger partial charge in [-0.15, -0.1) is 0 Å². The molecule has 1 saturated heterocycles. The first-order chi connectivity index (χ1) is 11.6. The molecule has 1 aromatic rings. The third-order valence-electron chi connectivity index (χ3n) is 4.35. The smallest absolute Gasteiger partial charge is 0.223 e. The molecule has 2 amide bonds. The van der Waals surface area contributed by atoms with Gasteiger partial charge in [0.15, 0.2) is 0 Å². The Labute approximate surface area is 143 Å². The van der Waals surface area contributed by atoms with Crippen LogP contribution in [0.2, 0.25) is 0 Å². The second kappa shape index (κ2) is 9.27. The Hall–Kier alpha value is -2.08. The number of ether oxygens (including phenoxy) is 1. The van der Waals surface area contributed by atoms with Gasteiger partial charge in [-0.25, -0.2) is 0 Å². The van der Waals surface area contributed by atoms with Crippen LogP contribution in [0.3, 0.4) is 0 Å². The standard InChI is InChI=1S/C18H27N3O3/c1-24-16-6-3-15(4-7-16)5-8-17(22)20-11-2-12-21(14-13-20)18(23)9-10-19/h3-4,6-7H,2,5,8-14,19H2,1H3. The van der Waals surface area contributed by atoms with E-state index in [1.165, 1.54) is 0 Å². The second-order valence-corrected chi connectivity index (χ2v) is 6.00. The van der Waals surface area contributed by atoms with E-state index < -0.39 is 0 Å².